The van der Waals surface area contributed by atoms with Crippen molar-refractivity contribution in [2.75, 3.05) is 0 Å². The molecule has 0 fully saturated rings. The zero-order valence-corrected chi connectivity index (χ0v) is 20.8. The zero-order valence-electron chi connectivity index (χ0n) is 20.8. The molecule has 0 bridgehead atoms. The van der Waals surface area contributed by atoms with Crippen molar-refractivity contribution in [3.8, 4) is 45.3 Å². The Morgan fingerprint density at radius 3 is 1.79 bits per heavy atom. The van der Waals surface area contributed by atoms with Crippen LogP contribution in [-0.4, -0.2) is 15.0 Å². The predicted octanol–water partition coefficient (Wildman–Crippen LogP) is 8.75. The number of aromatic nitrogens is 3. The average molecular weight is 490 g/mol. The zero-order chi connectivity index (χ0) is 25.5. The Hall–Kier alpha value is -5.09. The van der Waals surface area contributed by atoms with Crippen LogP contribution in [0.3, 0.4) is 0 Å². The molecule has 0 aliphatic rings. The average Bonchev–Trinajstić information content (AvgIpc) is 3.35. The van der Waals surface area contributed by atoms with Gasteiger partial charge in [0, 0.05) is 27.5 Å². The molecule has 2 heterocycles. The summed E-state index contributed by atoms with van der Waals surface area (Å²) in [5.41, 5.74) is 7.94. The Morgan fingerprint density at radius 2 is 1.00 bits per heavy atom. The Morgan fingerprint density at radius 1 is 0.421 bits per heavy atom. The molecule has 0 radical (unpaired) electrons. The number of benzene rings is 5. The smallest absolute Gasteiger partial charge is 0.164 e. The molecule has 38 heavy (non-hydrogen) atoms. The van der Waals surface area contributed by atoms with Crippen molar-refractivity contribution in [2.45, 2.75) is 6.92 Å². The minimum Gasteiger partial charge on any atom is -0.456 e. The molecule has 0 saturated carbocycles. The van der Waals surface area contributed by atoms with Crippen LogP contribution < -0.4 is 0 Å². The van der Waals surface area contributed by atoms with E-state index in [1.165, 1.54) is 0 Å². The highest BCUT2D eigenvalue weighted by Crippen LogP contribution is 2.33. The van der Waals surface area contributed by atoms with Gasteiger partial charge < -0.3 is 4.42 Å². The van der Waals surface area contributed by atoms with Crippen molar-refractivity contribution in [3.05, 3.63) is 127 Å². The van der Waals surface area contributed by atoms with Crippen molar-refractivity contribution < 1.29 is 4.42 Å². The number of para-hydroxylation sites is 1. The van der Waals surface area contributed by atoms with Gasteiger partial charge in [0.1, 0.15) is 11.2 Å². The van der Waals surface area contributed by atoms with Crippen LogP contribution in [0.4, 0.5) is 0 Å². The molecule has 0 amide bonds. The van der Waals surface area contributed by atoms with Gasteiger partial charge in [0.15, 0.2) is 17.5 Å². The van der Waals surface area contributed by atoms with E-state index in [0.29, 0.717) is 17.5 Å². The number of nitrogens with zero attached hydrogens (tertiary/aromatic N) is 3. The third-order valence-electron chi connectivity index (χ3n) is 6.78. The maximum atomic E-state index is 6.14. The van der Waals surface area contributed by atoms with Gasteiger partial charge in [0.25, 0.3) is 0 Å². The second kappa shape index (κ2) is 9.09. The molecule has 7 rings (SSSR count). The number of rotatable bonds is 4. The van der Waals surface area contributed by atoms with Crippen LogP contribution in [0.1, 0.15) is 5.56 Å². The van der Waals surface area contributed by atoms with E-state index in [9.17, 15) is 0 Å². The maximum Gasteiger partial charge on any atom is 0.164 e. The van der Waals surface area contributed by atoms with Gasteiger partial charge in [-0.1, -0.05) is 96.6 Å². The van der Waals surface area contributed by atoms with Crippen molar-refractivity contribution >= 4 is 21.9 Å². The second-order valence-electron chi connectivity index (χ2n) is 9.43. The first kappa shape index (κ1) is 22.1. The Labute approximate surface area is 220 Å². The summed E-state index contributed by atoms with van der Waals surface area (Å²) in [5, 5.41) is 2.25. The van der Waals surface area contributed by atoms with Gasteiger partial charge in [0.05, 0.1) is 0 Å². The largest absolute Gasteiger partial charge is 0.456 e. The van der Waals surface area contributed by atoms with Crippen LogP contribution in [0.2, 0.25) is 0 Å². The van der Waals surface area contributed by atoms with E-state index >= 15 is 0 Å². The standard InChI is InChI=1S/C34H23N3O/c1-22-9-7-13-26(19-22)33-35-32(23-10-3-2-4-11-23)36-34(37-33)27-14-8-12-24(20-27)25-17-18-29-28-15-5-6-16-30(28)38-31(29)21-25/h2-21H,1H3. The monoisotopic (exact) mass is 489 g/mol. The summed E-state index contributed by atoms with van der Waals surface area (Å²) < 4.78 is 6.14. The van der Waals surface area contributed by atoms with Crippen LogP contribution in [-0.2, 0) is 0 Å². The maximum absolute atomic E-state index is 6.14. The number of furan rings is 1. The highest BCUT2D eigenvalue weighted by Gasteiger charge is 2.14. The predicted molar refractivity (Wildman–Crippen MR) is 154 cm³/mol. The first-order valence-electron chi connectivity index (χ1n) is 12.6. The van der Waals surface area contributed by atoms with E-state index in [2.05, 4.69) is 55.5 Å². The molecule has 0 saturated heterocycles. The van der Waals surface area contributed by atoms with Crippen LogP contribution in [0.15, 0.2) is 126 Å². The number of fused-ring (bicyclic) bond motifs is 3. The van der Waals surface area contributed by atoms with Crippen LogP contribution in [0.25, 0.3) is 67.2 Å². The van der Waals surface area contributed by atoms with Gasteiger partial charge in [-0.25, -0.2) is 15.0 Å². The van der Waals surface area contributed by atoms with Crippen LogP contribution in [0.5, 0.6) is 0 Å². The summed E-state index contributed by atoms with van der Waals surface area (Å²) in [4.78, 5) is 14.6. The van der Waals surface area contributed by atoms with Gasteiger partial charge >= 0.3 is 0 Å². The highest BCUT2D eigenvalue weighted by atomic mass is 16.3. The third kappa shape index (κ3) is 4.02. The molecule has 0 atom stereocenters. The first-order valence-corrected chi connectivity index (χ1v) is 12.6. The van der Waals surface area contributed by atoms with E-state index in [1.807, 2.05) is 72.8 Å². The lowest BCUT2D eigenvalue weighted by atomic mass is 10.0. The molecular formula is C34H23N3O. The lowest BCUT2D eigenvalue weighted by Gasteiger charge is -2.10. The van der Waals surface area contributed by atoms with E-state index < -0.39 is 0 Å². The second-order valence-corrected chi connectivity index (χ2v) is 9.43. The fourth-order valence-corrected chi connectivity index (χ4v) is 4.88. The summed E-state index contributed by atoms with van der Waals surface area (Å²) in [7, 11) is 0. The van der Waals surface area contributed by atoms with Gasteiger partial charge in [-0.05, 0) is 48.4 Å². The molecule has 7 aromatic rings. The number of hydrogen-bond acceptors (Lipinski definition) is 4. The molecule has 5 aromatic carbocycles. The SMILES string of the molecule is Cc1cccc(-c2nc(-c3ccccc3)nc(-c3cccc(-c4ccc5c(c4)oc4ccccc45)c3)n2)c1. The molecule has 2 aromatic heterocycles. The van der Waals surface area contributed by atoms with Crippen LogP contribution in [0, 0.1) is 6.92 Å². The minimum atomic E-state index is 0.641. The van der Waals surface area contributed by atoms with E-state index in [0.717, 1.165) is 55.3 Å². The molecule has 0 unspecified atom stereocenters. The molecule has 0 N–H and O–H groups in total. The molecule has 0 aliphatic heterocycles. The third-order valence-corrected chi connectivity index (χ3v) is 6.78. The summed E-state index contributed by atoms with van der Waals surface area (Å²) in [6.45, 7) is 2.08. The quantitative estimate of drug-likeness (QED) is 0.248. The summed E-state index contributed by atoms with van der Waals surface area (Å²) in [5.74, 6) is 1.95. The Kier molecular flexibility index (Phi) is 5.30. The molecule has 4 nitrogen and oxygen atoms in total. The first-order chi connectivity index (χ1) is 18.7. The fraction of sp³-hybridized carbons (Fsp3) is 0.0294. The lowest BCUT2D eigenvalue weighted by molar-refractivity contribution is 0.669. The van der Waals surface area contributed by atoms with Crippen molar-refractivity contribution in [1.82, 2.24) is 15.0 Å². The van der Waals surface area contributed by atoms with Crippen molar-refractivity contribution in [2.24, 2.45) is 0 Å². The summed E-state index contributed by atoms with van der Waals surface area (Å²) >= 11 is 0. The molecule has 180 valence electrons. The lowest BCUT2D eigenvalue weighted by Crippen LogP contribution is -2.00. The topological polar surface area (TPSA) is 51.8 Å². The van der Waals surface area contributed by atoms with Crippen molar-refractivity contribution in [3.63, 3.8) is 0 Å². The summed E-state index contributed by atoms with van der Waals surface area (Å²) in [6.07, 6.45) is 0. The molecular weight excluding hydrogens is 466 g/mol. The van der Waals surface area contributed by atoms with E-state index in [1.54, 1.807) is 0 Å². The normalized spacial score (nSPS) is 11.3. The Balaban J connectivity index is 1.35. The van der Waals surface area contributed by atoms with Gasteiger partial charge in [0.2, 0.25) is 0 Å². The fourth-order valence-electron chi connectivity index (χ4n) is 4.88. The van der Waals surface area contributed by atoms with Gasteiger partial charge in [-0.3, -0.25) is 0 Å². The van der Waals surface area contributed by atoms with Gasteiger partial charge in [-0.2, -0.15) is 0 Å². The Bertz CT molecular complexity index is 1940. The number of hydrogen-bond donors (Lipinski definition) is 0. The highest BCUT2D eigenvalue weighted by molar-refractivity contribution is 6.05. The van der Waals surface area contributed by atoms with Crippen molar-refractivity contribution in [1.29, 1.82) is 0 Å². The van der Waals surface area contributed by atoms with E-state index in [4.69, 9.17) is 19.4 Å². The van der Waals surface area contributed by atoms with Crippen LogP contribution >= 0.6 is 0 Å². The number of aryl methyl sites for hydroxylation is 1. The minimum absolute atomic E-state index is 0.641. The molecule has 0 aliphatic carbocycles. The van der Waals surface area contributed by atoms with E-state index in [-0.39, 0.29) is 0 Å². The van der Waals surface area contributed by atoms with Gasteiger partial charge in [-0.15, -0.1) is 0 Å². The molecule has 4 heteroatoms. The molecule has 0 spiro atoms. The summed E-state index contributed by atoms with van der Waals surface area (Å²) in [6, 6.07) is 41.2.